The first-order valence-corrected chi connectivity index (χ1v) is 6.45. The summed E-state index contributed by atoms with van der Waals surface area (Å²) in [6, 6.07) is 0. The molecule has 0 aromatic carbocycles. The highest BCUT2D eigenvalue weighted by atomic mass is 16.6. The van der Waals surface area contributed by atoms with Gasteiger partial charge in [-0.3, -0.25) is 19.7 Å². The molecule has 0 N–H and O–H groups in total. The van der Waals surface area contributed by atoms with Crippen molar-refractivity contribution in [3.63, 3.8) is 0 Å². The maximum absolute atomic E-state index is 11.9. The standard InChI is InChI=1S/C12H19NO6/c1-3-9(10(14)18-4-2)11(15)19-12(6-5-7-12)8-13(16)17/h9H,3-8H2,1-2H3. The van der Waals surface area contributed by atoms with Crippen molar-refractivity contribution in [2.75, 3.05) is 13.2 Å². The van der Waals surface area contributed by atoms with E-state index in [0.29, 0.717) is 12.8 Å². The molecule has 1 unspecified atom stereocenters. The summed E-state index contributed by atoms with van der Waals surface area (Å²) in [5.74, 6) is -2.35. The van der Waals surface area contributed by atoms with Gasteiger partial charge in [0.25, 0.3) is 0 Å². The van der Waals surface area contributed by atoms with E-state index in [4.69, 9.17) is 9.47 Å². The molecule has 0 radical (unpaired) electrons. The van der Waals surface area contributed by atoms with Gasteiger partial charge in [0, 0.05) is 4.92 Å². The highest BCUT2D eigenvalue weighted by Gasteiger charge is 2.47. The van der Waals surface area contributed by atoms with Gasteiger partial charge in [-0.1, -0.05) is 6.92 Å². The Morgan fingerprint density at radius 3 is 2.32 bits per heavy atom. The summed E-state index contributed by atoms with van der Waals surface area (Å²) in [6.45, 7) is 3.10. The van der Waals surface area contributed by atoms with Gasteiger partial charge in [-0.05, 0) is 32.6 Å². The van der Waals surface area contributed by atoms with Gasteiger partial charge in [-0.15, -0.1) is 0 Å². The van der Waals surface area contributed by atoms with E-state index in [9.17, 15) is 19.7 Å². The molecule has 0 saturated heterocycles. The van der Waals surface area contributed by atoms with E-state index in [1.807, 2.05) is 0 Å². The maximum Gasteiger partial charge on any atom is 0.321 e. The second-order valence-corrected chi connectivity index (χ2v) is 4.66. The number of hydrogen-bond donors (Lipinski definition) is 0. The third-order valence-corrected chi connectivity index (χ3v) is 3.26. The Morgan fingerprint density at radius 1 is 1.32 bits per heavy atom. The fourth-order valence-corrected chi connectivity index (χ4v) is 2.06. The van der Waals surface area contributed by atoms with E-state index in [0.717, 1.165) is 6.42 Å². The minimum Gasteiger partial charge on any atom is -0.465 e. The average Bonchev–Trinajstić information content (AvgIpc) is 2.26. The van der Waals surface area contributed by atoms with Crippen LogP contribution in [0.5, 0.6) is 0 Å². The molecule has 0 bridgehead atoms. The number of esters is 2. The molecular formula is C12H19NO6. The van der Waals surface area contributed by atoms with Gasteiger partial charge in [0.15, 0.2) is 11.5 Å². The van der Waals surface area contributed by atoms with Crippen molar-refractivity contribution in [3.05, 3.63) is 10.1 Å². The molecule has 7 heteroatoms. The van der Waals surface area contributed by atoms with Gasteiger partial charge < -0.3 is 9.47 Å². The molecular weight excluding hydrogens is 254 g/mol. The first-order chi connectivity index (χ1) is 8.94. The molecule has 0 aromatic heterocycles. The van der Waals surface area contributed by atoms with Gasteiger partial charge in [-0.25, -0.2) is 0 Å². The summed E-state index contributed by atoms with van der Waals surface area (Å²) < 4.78 is 10.0. The van der Waals surface area contributed by atoms with Gasteiger partial charge in [0.1, 0.15) is 0 Å². The maximum atomic E-state index is 11.9. The molecule has 1 fully saturated rings. The predicted octanol–water partition coefficient (Wildman–Crippen LogP) is 1.32. The van der Waals surface area contributed by atoms with Crippen LogP contribution in [0.3, 0.4) is 0 Å². The van der Waals surface area contributed by atoms with Crippen molar-refractivity contribution in [2.24, 2.45) is 5.92 Å². The number of ether oxygens (including phenoxy) is 2. The molecule has 0 spiro atoms. The van der Waals surface area contributed by atoms with Crippen molar-refractivity contribution < 1.29 is 24.0 Å². The molecule has 1 rings (SSSR count). The van der Waals surface area contributed by atoms with Crippen LogP contribution in [0.4, 0.5) is 0 Å². The van der Waals surface area contributed by atoms with Crippen LogP contribution in [0, 0.1) is 16.0 Å². The third kappa shape index (κ3) is 3.90. The van der Waals surface area contributed by atoms with Crippen LogP contribution >= 0.6 is 0 Å². The number of rotatable bonds is 7. The molecule has 1 saturated carbocycles. The van der Waals surface area contributed by atoms with Crippen molar-refractivity contribution in [3.8, 4) is 0 Å². The minimum atomic E-state index is -1.03. The lowest BCUT2D eigenvalue weighted by atomic mass is 9.80. The minimum absolute atomic E-state index is 0.183. The zero-order valence-electron chi connectivity index (χ0n) is 11.2. The summed E-state index contributed by atoms with van der Waals surface area (Å²) in [4.78, 5) is 33.6. The summed E-state index contributed by atoms with van der Waals surface area (Å²) in [6.07, 6.45) is 1.99. The van der Waals surface area contributed by atoms with Crippen LogP contribution in [0.15, 0.2) is 0 Å². The van der Waals surface area contributed by atoms with Crippen molar-refractivity contribution in [2.45, 2.75) is 45.1 Å². The lowest BCUT2D eigenvalue weighted by Crippen LogP contribution is -2.49. The van der Waals surface area contributed by atoms with Crippen molar-refractivity contribution in [1.82, 2.24) is 0 Å². The molecule has 0 aliphatic heterocycles. The zero-order chi connectivity index (χ0) is 14.5. The number of nitrogens with zero attached hydrogens (tertiary/aromatic N) is 1. The highest BCUT2D eigenvalue weighted by Crippen LogP contribution is 2.36. The number of nitro groups is 1. The molecule has 0 aromatic rings. The lowest BCUT2D eigenvalue weighted by Gasteiger charge is -2.37. The quantitative estimate of drug-likeness (QED) is 0.300. The smallest absolute Gasteiger partial charge is 0.321 e. The largest absolute Gasteiger partial charge is 0.465 e. The molecule has 1 aliphatic rings. The van der Waals surface area contributed by atoms with Crippen molar-refractivity contribution in [1.29, 1.82) is 0 Å². The van der Waals surface area contributed by atoms with Crippen LogP contribution in [-0.4, -0.2) is 35.6 Å². The normalized spacial score (nSPS) is 18.0. The van der Waals surface area contributed by atoms with Crippen LogP contribution in [0.2, 0.25) is 0 Å². The fourth-order valence-electron chi connectivity index (χ4n) is 2.06. The second kappa shape index (κ2) is 6.49. The first kappa shape index (κ1) is 15.4. The third-order valence-electron chi connectivity index (χ3n) is 3.26. The number of carbonyl (C=O) groups excluding carboxylic acids is 2. The summed E-state index contributed by atoms with van der Waals surface area (Å²) in [7, 11) is 0. The molecule has 7 nitrogen and oxygen atoms in total. The molecule has 0 heterocycles. The Balaban J connectivity index is 2.65. The topological polar surface area (TPSA) is 95.7 Å². The molecule has 1 aliphatic carbocycles. The second-order valence-electron chi connectivity index (χ2n) is 4.66. The van der Waals surface area contributed by atoms with E-state index in [-0.39, 0.29) is 13.0 Å². The first-order valence-electron chi connectivity index (χ1n) is 6.45. The van der Waals surface area contributed by atoms with Gasteiger partial charge in [0.2, 0.25) is 6.54 Å². The van der Waals surface area contributed by atoms with Crippen LogP contribution in [-0.2, 0) is 19.1 Å². The number of hydrogen-bond acceptors (Lipinski definition) is 6. The lowest BCUT2D eigenvalue weighted by molar-refractivity contribution is -0.504. The molecule has 0 amide bonds. The van der Waals surface area contributed by atoms with Crippen molar-refractivity contribution >= 4 is 11.9 Å². The van der Waals surface area contributed by atoms with Gasteiger partial charge in [-0.2, -0.15) is 0 Å². The van der Waals surface area contributed by atoms with E-state index >= 15 is 0 Å². The fraction of sp³-hybridized carbons (Fsp3) is 0.833. The van der Waals surface area contributed by atoms with Gasteiger partial charge in [0.05, 0.1) is 6.61 Å². The highest BCUT2D eigenvalue weighted by molar-refractivity contribution is 5.95. The molecule has 19 heavy (non-hydrogen) atoms. The number of carbonyl (C=O) groups is 2. The summed E-state index contributed by atoms with van der Waals surface area (Å²) in [5.41, 5.74) is -1.03. The van der Waals surface area contributed by atoms with E-state index < -0.39 is 34.9 Å². The van der Waals surface area contributed by atoms with E-state index in [2.05, 4.69) is 0 Å². The Morgan fingerprint density at radius 2 is 1.95 bits per heavy atom. The monoisotopic (exact) mass is 273 g/mol. The Labute approximate surface area is 111 Å². The van der Waals surface area contributed by atoms with Crippen LogP contribution < -0.4 is 0 Å². The van der Waals surface area contributed by atoms with Crippen LogP contribution in [0.1, 0.15) is 39.5 Å². The van der Waals surface area contributed by atoms with E-state index in [1.54, 1.807) is 13.8 Å². The summed E-state index contributed by atoms with van der Waals surface area (Å²) in [5, 5.41) is 10.6. The Kier molecular flexibility index (Phi) is 5.26. The SMILES string of the molecule is CCOC(=O)C(CC)C(=O)OC1(C[N+](=O)[O-])CCC1. The van der Waals surface area contributed by atoms with Crippen LogP contribution in [0.25, 0.3) is 0 Å². The summed E-state index contributed by atoms with van der Waals surface area (Å²) >= 11 is 0. The predicted molar refractivity (Wildman–Crippen MR) is 64.9 cm³/mol. The molecule has 108 valence electrons. The van der Waals surface area contributed by atoms with E-state index in [1.165, 1.54) is 0 Å². The van der Waals surface area contributed by atoms with Gasteiger partial charge >= 0.3 is 11.9 Å². The Bertz CT molecular complexity index is 363. The zero-order valence-corrected chi connectivity index (χ0v) is 11.2. The average molecular weight is 273 g/mol. The molecule has 1 atom stereocenters. The Hall–Kier alpha value is -1.66.